The first kappa shape index (κ1) is 24.1. The fourth-order valence-electron chi connectivity index (χ4n) is 9.72. The summed E-state index contributed by atoms with van der Waals surface area (Å²) >= 11 is 0. The molecule has 2 heterocycles. The Kier molecular flexibility index (Phi) is 4.80. The lowest BCUT2D eigenvalue weighted by atomic mass is 9.43. The molecule has 0 bridgehead atoms. The van der Waals surface area contributed by atoms with Crippen molar-refractivity contribution in [3.05, 3.63) is 12.2 Å². The zero-order chi connectivity index (χ0) is 25.3. The highest BCUT2D eigenvalue weighted by Gasteiger charge is 2.81. The number of epoxide rings is 1. The number of aliphatic hydroxyl groups excluding tert-OH is 1. The second kappa shape index (κ2) is 6.97. The lowest BCUT2D eigenvalue weighted by molar-refractivity contribution is -0.261. The van der Waals surface area contributed by atoms with Crippen LogP contribution in [-0.4, -0.2) is 62.2 Å². The molecule has 2 saturated heterocycles. The van der Waals surface area contributed by atoms with Crippen LogP contribution in [0.5, 0.6) is 0 Å². The number of aliphatic hydroxyl groups is 3. The van der Waals surface area contributed by atoms with Crippen molar-refractivity contribution in [3.8, 4) is 0 Å². The van der Waals surface area contributed by atoms with Crippen LogP contribution in [0.1, 0.15) is 73.1 Å². The Morgan fingerprint density at radius 3 is 2.46 bits per heavy atom. The lowest BCUT2D eigenvalue weighted by Gasteiger charge is -2.61. The second-order valence-corrected chi connectivity index (χ2v) is 13.3. The van der Waals surface area contributed by atoms with Gasteiger partial charge in [0.05, 0.1) is 17.4 Å². The molecule has 5 fully saturated rings. The first-order valence-electron chi connectivity index (χ1n) is 13.5. The molecule has 0 aromatic carbocycles. The molecule has 1 spiro atoms. The molecule has 0 aromatic rings. The van der Waals surface area contributed by atoms with Gasteiger partial charge in [-0.3, -0.25) is 9.59 Å². The first-order chi connectivity index (χ1) is 16.3. The van der Waals surface area contributed by atoms with Crippen LogP contribution in [0.3, 0.4) is 0 Å². The van der Waals surface area contributed by atoms with Gasteiger partial charge < -0.3 is 24.8 Å². The number of ketones is 1. The molecule has 3 saturated carbocycles. The average molecular weight is 489 g/mol. The largest absolute Gasteiger partial charge is 0.459 e. The smallest absolute Gasteiger partial charge is 0.309 e. The summed E-state index contributed by atoms with van der Waals surface area (Å²) in [5, 5.41) is 35.1. The van der Waals surface area contributed by atoms with Crippen LogP contribution in [0.4, 0.5) is 0 Å². The van der Waals surface area contributed by atoms with Gasteiger partial charge in [0.1, 0.15) is 29.0 Å². The van der Waals surface area contributed by atoms with Crippen molar-refractivity contribution >= 4 is 11.8 Å². The fourth-order valence-corrected chi connectivity index (χ4v) is 9.72. The van der Waals surface area contributed by atoms with E-state index >= 15 is 0 Å². The molecule has 194 valence electrons. The van der Waals surface area contributed by atoms with E-state index in [-0.39, 0.29) is 47.4 Å². The minimum absolute atomic E-state index is 0.0288. The summed E-state index contributed by atoms with van der Waals surface area (Å²) in [7, 11) is 0. The van der Waals surface area contributed by atoms with Crippen LogP contribution < -0.4 is 0 Å². The topological polar surface area (TPSA) is 117 Å². The van der Waals surface area contributed by atoms with E-state index in [2.05, 4.69) is 6.92 Å². The Morgan fingerprint density at radius 1 is 1.09 bits per heavy atom. The number of ether oxygens (including phenoxy) is 2. The minimum Gasteiger partial charge on any atom is -0.459 e. The molecule has 13 atom stereocenters. The van der Waals surface area contributed by atoms with Crippen molar-refractivity contribution in [2.45, 2.75) is 108 Å². The van der Waals surface area contributed by atoms with Crippen LogP contribution >= 0.6 is 0 Å². The van der Waals surface area contributed by atoms with E-state index in [1.54, 1.807) is 13.0 Å². The Morgan fingerprint density at radius 2 is 1.77 bits per heavy atom. The maximum absolute atomic E-state index is 13.3. The van der Waals surface area contributed by atoms with Crippen molar-refractivity contribution in [2.75, 3.05) is 0 Å². The SMILES string of the molecule is C[C@H]1CC([C@](C)(O)[C@@]2(O)CCC3C4C[C@H]5OC56C(O)C=CC(=O)[C@]6(C)C4CC[C@@]32C)OC(=O)[C@@H]1C. The second-order valence-electron chi connectivity index (χ2n) is 13.3. The van der Waals surface area contributed by atoms with E-state index in [4.69, 9.17) is 9.47 Å². The average Bonchev–Trinajstić information content (AvgIpc) is 3.47. The molecule has 4 aliphatic carbocycles. The fraction of sp³-hybridized carbons (Fsp3) is 0.857. The molecule has 7 heteroatoms. The van der Waals surface area contributed by atoms with Gasteiger partial charge in [0.15, 0.2) is 5.78 Å². The van der Waals surface area contributed by atoms with Gasteiger partial charge in [-0.1, -0.05) is 20.8 Å². The third-order valence-electron chi connectivity index (χ3n) is 12.3. The summed E-state index contributed by atoms with van der Waals surface area (Å²) in [5.74, 6) is -0.146. The highest BCUT2D eigenvalue weighted by molar-refractivity contribution is 5.98. The molecule has 0 amide bonds. The van der Waals surface area contributed by atoms with E-state index in [0.717, 1.165) is 12.8 Å². The van der Waals surface area contributed by atoms with Crippen molar-refractivity contribution in [1.29, 1.82) is 0 Å². The Bertz CT molecular complexity index is 1010. The van der Waals surface area contributed by atoms with Crippen molar-refractivity contribution in [3.63, 3.8) is 0 Å². The summed E-state index contributed by atoms with van der Waals surface area (Å²) in [6, 6.07) is 0. The zero-order valence-electron chi connectivity index (χ0n) is 21.5. The van der Waals surface area contributed by atoms with Crippen LogP contribution in [0.2, 0.25) is 0 Å². The number of esters is 1. The Labute approximate surface area is 207 Å². The van der Waals surface area contributed by atoms with Gasteiger partial charge in [0.2, 0.25) is 0 Å². The number of carbonyl (C=O) groups excluding carboxylic acids is 2. The number of fused-ring (bicyclic) bond motifs is 4. The predicted octanol–water partition coefficient (Wildman–Crippen LogP) is 2.55. The monoisotopic (exact) mass is 488 g/mol. The third-order valence-corrected chi connectivity index (χ3v) is 12.3. The summed E-state index contributed by atoms with van der Waals surface area (Å²) in [5.41, 5.74) is -5.21. The number of carbonyl (C=O) groups is 2. The number of hydrogen-bond donors (Lipinski definition) is 3. The number of cyclic esters (lactones) is 1. The maximum atomic E-state index is 13.3. The molecule has 7 nitrogen and oxygen atoms in total. The third kappa shape index (κ3) is 2.56. The molecular formula is C28H40O7. The van der Waals surface area contributed by atoms with E-state index in [0.29, 0.717) is 25.7 Å². The summed E-state index contributed by atoms with van der Waals surface area (Å²) in [4.78, 5) is 25.8. The molecule has 0 aromatic heterocycles. The van der Waals surface area contributed by atoms with E-state index in [1.165, 1.54) is 6.08 Å². The lowest BCUT2D eigenvalue weighted by Crippen LogP contribution is -2.69. The Balaban J connectivity index is 1.34. The highest BCUT2D eigenvalue weighted by atomic mass is 16.6. The summed E-state index contributed by atoms with van der Waals surface area (Å²) in [6.45, 7) is 9.56. The van der Waals surface area contributed by atoms with Gasteiger partial charge >= 0.3 is 5.97 Å². The quantitative estimate of drug-likeness (QED) is 0.404. The molecule has 6 rings (SSSR count). The zero-order valence-corrected chi connectivity index (χ0v) is 21.5. The van der Waals surface area contributed by atoms with Crippen LogP contribution in [0.15, 0.2) is 12.2 Å². The highest BCUT2D eigenvalue weighted by Crippen LogP contribution is 2.74. The predicted molar refractivity (Wildman–Crippen MR) is 126 cm³/mol. The van der Waals surface area contributed by atoms with Crippen molar-refractivity contribution in [1.82, 2.24) is 0 Å². The number of allylic oxidation sites excluding steroid dienone is 1. The van der Waals surface area contributed by atoms with E-state index in [1.807, 2.05) is 20.8 Å². The molecular weight excluding hydrogens is 448 g/mol. The van der Waals surface area contributed by atoms with Crippen LogP contribution in [-0.2, 0) is 19.1 Å². The van der Waals surface area contributed by atoms with Crippen molar-refractivity contribution in [2.24, 2.45) is 40.4 Å². The Hall–Kier alpha value is -1.28. The van der Waals surface area contributed by atoms with Crippen LogP contribution in [0.25, 0.3) is 0 Å². The summed E-state index contributed by atoms with van der Waals surface area (Å²) < 4.78 is 11.9. The van der Waals surface area contributed by atoms with Crippen molar-refractivity contribution < 1.29 is 34.4 Å². The molecule has 0 radical (unpaired) electrons. The molecule has 35 heavy (non-hydrogen) atoms. The minimum atomic E-state index is -1.59. The number of hydrogen-bond acceptors (Lipinski definition) is 7. The van der Waals surface area contributed by atoms with Gasteiger partial charge in [-0.2, -0.15) is 0 Å². The molecule has 2 aliphatic heterocycles. The molecule has 6 unspecified atom stereocenters. The van der Waals surface area contributed by atoms with Gasteiger partial charge in [-0.15, -0.1) is 0 Å². The van der Waals surface area contributed by atoms with Gasteiger partial charge in [-0.25, -0.2) is 0 Å². The maximum Gasteiger partial charge on any atom is 0.309 e. The van der Waals surface area contributed by atoms with Gasteiger partial charge in [0.25, 0.3) is 0 Å². The van der Waals surface area contributed by atoms with E-state index in [9.17, 15) is 24.9 Å². The van der Waals surface area contributed by atoms with Gasteiger partial charge in [-0.05, 0) is 88.2 Å². The van der Waals surface area contributed by atoms with E-state index < -0.39 is 39.8 Å². The molecule has 6 aliphatic rings. The number of rotatable bonds is 2. The summed E-state index contributed by atoms with van der Waals surface area (Å²) in [6.07, 6.45) is 5.20. The van der Waals surface area contributed by atoms with Crippen LogP contribution in [0, 0.1) is 40.4 Å². The normalized spacial score (nSPS) is 58.4. The van der Waals surface area contributed by atoms with Gasteiger partial charge in [0, 0.05) is 5.41 Å². The molecule has 3 N–H and O–H groups in total. The standard InChI is InChI=1S/C28H40O7/c1-14-12-21(34-23(31)15(14)2)26(5,32)27(33)11-9-17-16-13-22-28(35-22)20(30)7-6-19(29)25(28,4)18(16)8-10-24(17,27)3/h6-7,14-18,20-22,30,32-33H,8-13H2,1-5H3/t14-,15+,16?,17?,18?,20?,21?,22+,24-,25-,26-,27+,28?/m0/s1. The first-order valence-corrected chi connectivity index (χ1v) is 13.5.